The normalized spacial score (nSPS) is 16.0. The zero-order valence-electron chi connectivity index (χ0n) is 13.1. The molecule has 1 aliphatic carbocycles. The Balaban J connectivity index is 2.06. The third-order valence-electron chi connectivity index (χ3n) is 4.54. The van der Waals surface area contributed by atoms with E-state index >= 15 is 0 Å². The van der Waals surface area contributed by atoms with E-state index in [1.807, 2.05) is 0 Å². The van der Waals surface area contributed by atoms with E-state index < -0.39 is 0 Å². The van der Waals surface area contributed by atoms with Crippen molar-refractivity contribution in [2.75, 3.05) is 5.32 Å². The first-order valence-electron chi connectivity index (χ1n) is 7.64. The summed E-state index contributed by atoms with van der Waals surface area (Å²) in [6, 6.07) is 2.42. The summed E-state index contributed by atoms with van der Waals surface area (Å²) >= 11 is 0. The van der Waals surface area contributed by atoms with Crippen LogP contribution in [0.2, 0.25) is 0 Å². The van der Waals surface area contributed by atoms with E-state index in [4.69, 9.17) is 0 Å². The lowest BCUT2D eigenvalue weighted by atomic mass is 9.95. The minimum absolute atomic E-state index is 0.0636. The molecule has 0 aliphatic heterocycles. The van der Waals surface area contributed by atoms with Gasteiger partial charge in [0.15, 0.2) is 0 Å². The van der Waals surface area contributed by atoms with Gasteiger partial charge in [0.05, 0.1) is 0 Å². The maximum Gasteiger partial charge on any atom is 0.319 e. The molecule has 1 aromatic carbocycles. The van der Waals surface area contributed by atoms with Crippen LogP contribution in [0, 0.1) is 27.7 Å². The molecule has 0 saturated heterocycles. The molecule has 0 radical (unpaired) electrons. The average Bonchev–Trinajstić information content (AvgIpc) is 2.42. The van der Waals surface area contributed by atoms with Gasteiger partial charge in [-0.2, -0.15) is 0 Å². The van der Waals surface area contributed by atoms with Gasteiger partial charge in [0, 0.05) is 11.7 Å². The maximum atomic E-state index is 12.2. The number of amides is 2. The Morgan fingerprint density at radius 1 is 1.00 bits per heavy atom. The Kier molecular flexibility index (Phi) is 4.69. The molecule has 0 unspecified atom stereocenters. The van der Waals surface area contributed by atoms with Crippen molar-refractivity contribution < 1.29 is 4.79 Å². The predicted octanol–water partition coefficient (Wildman–Crippen LogP) is 4.37. The SMILES string of the molecule is Cc1cc(C)c(NC(=O)NC2CCCCC2)c(C)c1C. The molecule has 2 rings (SSSR count). The largest absolute Gasteiger partial charge is 0.335 e. The molecule has 2 amide bonds. The molecule has 0 spiro atoms. The fourth-order valence-electron chi connectivity index (χ4n) is 3.06. The smallest absolute Gasteiger partial charge is 0.319 e. The quantitative estimate of drug-likeness (QED) is 0.826. The lowest BCUT2D eigenvalue weighted by molar-refractivity contribution is 0.244. The van der Waals surface area contributed by atoms with Crippen LogP contribution in [-0.4, -0.2) is 12.1 Å². The van der Waals surface area contributed by atoms with Crippen molar-refractivity contribution in [3.63, 3.8) is 0 Å². The first kappa shape index (κ1) is 14.9. The highest BCUT2D eigenvalue weighted by atomic mass is 16.2. The molecule has 1 aromatic rings. The molecule has 0 aromatic heterocycles. The number of rotatable bonds is 2. The first-order chi connectivity index (χ1) is 9.49. The van der Waals surface area contributed by atoms with E-state index in [1.165, 1.54) is 36.0 Å². The number of urea groups is 1. The molecular weight excluding hydrogens is 248 g/mol. The Labute approximate surface area is 122 Å². The van der Waals surface area contributed by atoms with E-state index in [9.17, 15) is 4.79 Å². The standard InChI is InChI=1S/C17H26N2O/c1-11-10-12(2)16(14(4)13(11)3)19-17(20)18-15-8-6-5-7-9-15/h10,15H,5-9H2,1-4H3,(H2,18,19,20). The van der Waals surface area contributed by atoms with Crippen molar-refractivity contribution in [2.24, 2.45) is 0 Å². The van der Waals surface area contributed by atoms with Crippen LogP contribution in [0.3, 0.4) is 0 Å². The van der Waals surface area contributed by atoms with Crippen LogP contribution in [0.1, 0.15) is 54.4 Å². The van der Waals surface area contributed by atoms with E-state index in [0.717, 1.165) is 24.1 Å². The topological polar surface area (TPSA) is 41.1 Å². The molecule has 20 heavy (non-hydrogen) atoms. The van der Waals surface area contributed by atoms with Gasteiger partial charge in [0.1, 0.15) is 0 Å². The predicted molar refractivity (Wildman–Crippen MR) is 84.4 cm³/mol. The summed E-state index contributed by atoms with van der Waals surface area (Å²) in [6.45, 7) is 8.34. The van der Waals surface area contributed by atoms with Crippen molar-refractivity contribution in [1.82, 2.24) is 5.32 Å². The zero-order valence-corrected chi connectivity index (χ0v) is 13.1. The van der Waals surface area contributed by atoms with Crippen LogP contribution in [0.5, 0.6) is 0 Å². The first-order valence-corrected chi connectivity index (χ1v) is 7.64. The summed E-state index contributed by atoms with van der Waals surface area (Å²) in [7, 11) is 0. The zero-order chi connectivity index (χ0) is 14.7. The number of carbonyl (C=O) groups is 1. The Morgan fingerprint density at radius 3 is 2.30 bits per heavy atom. The van der Waals surface area contributed by atoms with Crippen LogP contribution in [-0.2, 0) is 0 Å². The third kappa shape index (κ3) is 3.33. The number of hydrogen-bond donors (Lipinski definition) is 2. The Bertz CT molecular complexity index is 502. The van der Waals surface area contributed by atoms with Crippen LogP contribution < -0.4 is 10.6 Å². The molecule has 1 saturated carbocycles. The minimum Gasteiger partial charge on any atom is -0.335 e. The fraction of sp³-hybridized carbons (Fsp3) is 0.588. The minimum atomic E-state index is -0.0636. The van der Waals surface area contributed by atoms with Crippen molar-refractivity contribution in [3.8, 4) is 0 Å². The summed E-state index contributed by atoms with van der Waals surface area (Å²) in [5, 5.41) is 6.15. The molecule has 3 nitrogen and oxygen atoms in total. The molecule has 0 bridgehead atoms. The average molecular weight is 274 g/mol. The highest BCUT2D eigenvalue weighted by molar-refractivity contribution is 5.91. The summed E-state index contributed by atoms with van der Waals surface area (Å²) < 4.78 is 0. The van der Waals surface area contributed by atoms with Crippen LogP contribution in [0.15, 0.2) is 6.07 Å². The molecule has 2 N–H and O–H groups in total. The fourth-order valence-corrected chi connectivity index (χ4v) is 3.06. The van der Waals surface area contributed by atoms with Gasteiger partial charge in [-0.25, -0.2) is 4.79 Å². The summed E-state index contributed by atoms with van der Waals surface area (Å²) in [5.41, 5.74) is 5.79. The molecule has 1 fully saturated rings. The Morgan fingerprint density at radius 2 is 1.65 bits per heavy atom. The second-order valence-corrected chi connectivity index (χ2v) is 6.07. The van der Waals surface area contributed by atoms with Gasteiger partial charge in [0.25, 0.3) is 0 Å². The van der Waals surface area contributed by atoms with Gasteiger partial charge in [-0.1, -0.05) is 25.3 Å². The highest BCUT2D eigenvalue weighted by Crippen LogP contribution is 2.26. The van der Waals surface area contributed by atoms with Gasteiger partial charge in [-0.15, -0.1) is 0 Å². The number of carbonyl (C=O) groups excluding carboxylic acids is 1. The van der Waals surface area contributed by atoms with Gasteiger partial charge in [-0.3, -0.25) is 0 Å². The number of aryl methyl sites for hydroxylation is 2. The van der Waals surface area contributed by atoms with Crippen molar-refractivity contribution in [3.05, 3.63) is 28.3 Å². The lowest BCUT2D eigenvalue weighted by Crippen LogP contribution is -2.39. The summed E-state index contributed by atoms with van der Waals surface area (Å²) in [5.74, 6) is 0. The molecule has 0 heterocycles. The maximum absolute atomic E-state index is 12.2. The second-order valence-electron chi connectivity index (χ2n) is 6.07. The van der Waals surface area contributed by atoms with E-state index in [1.54, 1.807) is 0 Å². The van der Waals surface area contributed by atoms with Crippen LogP contribution in [0.4, 0.5) is 10.5 Å². The third-order valence-corrected chi connectivity index (χ3v) is 4.54. The van der Waals surface area contributed by atoms with Gasteiger partial charge in [-0.05, 0) is 62.8 Å². The van der Waals surface area contributed by atoms with E-state index in [0.29, 0.717) is 6.04 Å². The van der Waals surface area contributed by atoms with Crippen molar-refractivity contribution in [1.29, 1.82) is 0 Å². The van der Waals surface area contributed by atoms with Gasteiger partial charge in [0.2, 0.25) is 0 Å². The highest BCUT2D eigenvalue weighted by Gasteiger charge is 2.17. The van der Waals surface area contributed by atoms with Gasteiger partial charge >= 0.3 is 6.03 Å². The molecule has 0 atom stereocenters. The Hall–Kier alpha value is -1.51. The van der Waals surface area contributed by atoms with Crippen molar-refractivity contribution >= 4 is 11.7 Å². The number of anilines is 1. The van der Waals surface area contributed by atoms with Gasteiger partial charge < -0.3 is 10.6 Å². The second kappa shape index (κ2) is 6.29. The van der Waals surface area contributed by atoms with Crippen molar-refractivity contribution in [2.45, 2.75) is 65.8 Å². The molecule has 110 valence electrons. The van der Waals surface area contributed by atoms with E-state index in [-0.39, 0.29) is 6.03 Å². The lowest BCUT2D eigenvalue weighted by Gasteiger charge is -2.24. The molecule has 1 aliphatic rings. The summed E-state index contributed by atoms with van der Waals surface area (Å²) in [4.78, 5) is 12.2. The monoisotopic (exact) mass is 274 g/mol. The molecular formula is C17H26N2O. The van der Waals surface area contributed by atoms with E-state index in [2.05, 4.69) is 44.4 Å². The number of hydrogen-bond acceptors (Lipinski definition) is 1. The number of nitrogens with one attached hydrogen (secondary N) is 2. The van der Waals surface area contributed by atoms with Crippen LogP contribution >= 0.6 is 0 Å². The number of benzene rings is 1. The summed E-state index contributed by atoms with van der Waals surface area (Å²) in [6.07, 6.45) is 5.98. The van der Waals surface area contributed by atoms with Crippen LogP contribution in [0.25, 0.3) is 0 Å². The molecule has 3 heteroatoms.